The van der Waals surface area contributed by atoms with E-state index in [-0.39, 0.29) is 5.58 Å². The Balaban J connectivity index is 2.75. The Labute approximate surface area is 67.9 Å². The second-order valence-corrected chi connectivity index (χ2v) is 2.53. The molecule has 1 heterocycles. The first-order valence-electron chi connectivity index (χ1n) is 3.54. The lowest BCUT2D eigenvalue weighted by Gasteiger charge is -1.95. The van der Waals surface area contributed by atoms with Crippen LogP contribution < -0.4 is 5.73 Å². The Kier molecular flexibility index (Phi) is 1.55. The summed E-state index contributed by atoms with van der Waals surface area (Å²) in [5.41, 5.74) is 6.29. The number of nitrogens with two attached hydrogens (primary N) is 1. The maximum Gasteiger partial charge on any atom is 0.202 e. The van der Waals surface area contributed by atoms with Crippen molar-refractivity contribution in [2.24, 2.45) is 5.73 Å². The van der Waals surface area contributed by atoms with Crippen molar-refractivity contribution in [3.8, 4) is 0 Å². The van der Waals surface area contributed by atoms with Gasteiger partial charge in [0.05, 0.1) is 6.20 Å². The second kappa shape index (κ2) is 2.57. The number of fused-ring (bicyclic) bond motifs is 1. The molecule has 0 amide bonds. The zero-order valence-electron chi connectivity index (χ0n) is 6.25. The third kappa shape index (κ3) is 0.967. The first kappa shape index (κ1) is 7.24. The summed E-state index contributed by atoms with van der Waals surface area (Å²) < 4.78 is 17.8. The molecule has 0 saturated heterocycles. The molecule has 0 radical (unpaired) electrons. The van der Waals surface area contributed by atoms with Crippen LogP contribution in [0.25, 0.3) is 11.0 Å². The van der Waals surface area contributed by atoms with Gasteiger partial charge in [0.1, 0.15) is 0 Å². The average molecular weight is 166 g/mol. The van der Waals surface area contributed by atoms with Crippen molar-refractivity contribution in [2.45, 2.75) is 6.54 Å². The highest BCUT2D eigenvalue weighted by molar-refractivity contribution is 5.77. The molecular weight excluding hydrogens is 159 g/mol. The van der Waals surface area contributed by atoms with Gasteiger partial charge in [0.25, 0.3) is 0 Å². The molecule has 0 atom stereocenters. The lowest BCUT2D eigenvalue weighted by molar-refractivity contribution is 0.440. The van der Waals surface area contributed by atoms with Gasteiger partial charge in [-0.25, -0.2) is 4.39 Å². The molecule has 2 N–H and O–H groups in total. The fourth-order valence-electron chi connectivity index (χ4n) is 1.12. The SMILES string of the molecule is NCc1cc(F)c2oncc2c1. The molecule has 0 unspecified atom stereocenters. The first-order chi connectivity index (χ1) is 5.81. The highest BCUT2D eigenvalue weighted by Gasteiger charge is 2.06. The van der Waals surface area contributed by atoms with Crippen molar-refractivity contribution >= 4 is 11.0 Å². The number of hydrogen-bond acceptors (Lipinski definition) is 3. The van der Waals surface area contributed by atoms with Crippen LogP contribution in [0.15, 0.2) is 22.9 Å². The average Bonchev–Trinajstić information content (AvgIpc) is 2.52. The first-order valence-corrected chi connectivity index (χ1v) is 3.54. The summed E-state index contributed by atoms with van der Waals surface area (Å²) in [6.07, 6.45) is 1.47. The predicted molar refractivity (Wildman–Crippen MR) is 41.9 cm³/mol. The highest BCUT2D eigenvalue weighted by Crippen LogP contribution is 2.18. The van der Waals surface area contributed by atoms with Gasteiger partial charge in [-0.15, -0.1) is 0 Å². The van der Waals surface area contributed by atoms with E-state index < -0.39 is 5.82 Å². The summed E-state index contributed by atoms with van der Waals surface area (Å²) in [7, 11) is 0. The van der Waals surface area contributed by atoms with Gasteiger partial charge in [0, 0.05) is 11.9 Å². The van der Waals surface area contributed by atoms with E-state index in [0.717, 1.165) is 5.56 Å². The number of hydrogen-bond donors (Lipinski definition) is 1. The van der Waals surface area contributed by atoms with E-state index in [2.05, 4.69) is 9.68 Å². The molecular formula is C8H7FN2O. The minimum Gasteiger partial charge on any atom is -0.353 e. The quantitative estimate of drug-likeness (QED) is 0.697. The van der Waals surface area contributed by atoms with Crippen LogP contribution in [-0.2, 0) is 6.54 Å². The van der Waals surface area contributed by atoms with Crippen molar-refractivity contribution < 1.29 is 8.91 Å². The van der Waals surface area contributed by atoms with Gasteiger partial charge in [-0.05, 0) is 17.7 Å². The zero-order valence-corrected chi connectivity index (χ0v) is 6.25. The summed E-state index contributed by atoms with van der Waals surface area (Å²) in [6, 6.07) is 3.11. The van der Waals surface area contributed by atoms with Gasteiger partial charge in [-0.1, -0.05) is 5.16 Å². The Bertz CT molecular complexity index is 410. The fourth-order valence-corrected chi connectivity index (χ4v) is 1.12. The molecule has 4 heteroatoms. The minimum absolute atomic E-state index is 0.187. The van der Waals surface area contributed by atoms with E-state index in [1.54, 1.807) is 6.07 Å². The monoisotopic (exact) mass is 166 g/mol. The molecule has 0 aliphatic carbocycles. The van der Waals surface area contributed by atoms with Gasteiger partial charge in [0.15, 0.2) is 5.82 Å². The highest BCUT2D eigenvalue weighted by atomic mass is 19.1. The molecule has 1 aromatic carbocycles. The van der Waals surface area contributed by atoms with Gasteiger partial charge in [-0.3, -0.25) is 0 Å². The number of benzene rings is 1. The Morgan fingerprint density at radius 2 is 2.33 bits per heavy atom. The van der Waals surface area contributed by atoms with Crippen LogP contribution >= 0.6 is 0 Å². The Morgan fingerprint density at radius 3 is 3.08 bits per heavy atom. The van der Waals surface area contributed by atoms with Crippen LogP contribution in [0.5, 0.6) is 0 Å². The van der Waals surface area contributed by atoms with Crippen molar-refractivity contribution in [1.82, 2.24) is 5.16 Å². The molecule has 0 spiro atoms. The number of rotatable bonds is 1. The molecule has 2 rings (SSSR count). The van der Waals surface area contributed by atoms with Gasteiger partial charge < -0.3 is 10.3 Å². The number of halogens is 1. The summed E-state index contributed by atoms with van der Waals surface area (Å²) in [6.45, 7) is 0.317. The second-order valence-electron chi connectivity index (χ2n) is 2.53. The van der Waals surface area contributed by atoms with E-state index in [0.29, 0.717) is 11.9 Å². The zero-order chi connectivity index (χ0) is 8.55. The third-order valence-corrected chi connectivity index (χ3v) is 1.70. The van der Waals surface area contributed by atoms with E-state index in [1.165, 1.54) is 12.3 Å². The standard InChI is InChI=1S/C8H7FN2O/c9-7-2-5(3-10)1-6-4-11-12-8(6)7/h1-2,4H,3,10H2. The van der Waals surface area contributed by atoms with Crippen molar-refractivity contribution in [3.05, 3.63) is 29.7 Å². The van der Waals surface area contributed by atoms with Crippen LogP contribution in [0.3, 0.4) is 0 Å². The minimum atomic E-state index is -0.412. The van der Waals surface area contributed by atoms with Crippen LogP contribution in [-0.4, -0.2) is 5.16 Å². The maximum atomic E-state index is 13.1. The van der Waals surface area contributed by atoms with Gasteiger partial charge in [0.2, 0.25) is 5.58 Å². The smallest absolute Gasteiger partial charge is 0.202 e. The lowest BCUT2D eigenvalue weighted by Crippen LogP contribution is -1.96. The van der Waals surface area contributed by atoms with Crippen molar-refractivity contribution in [1.29, 1.82) is 0 Å². The fraction of sp³-hybridized carbons (Fsp3) is 0.125. The Hall–Kier alpha value is -1.42. The largest absolute Gasteiger partial charge is 0.353 e. The van der Waals surface area contributed by atoms with Gasteiger partial charge >= 0.3 is 0 Å². The predicted octanol–water partition coefficient (Wildman–Crippen LogP) is 1.43. The summed E-state index contributed by atoms with van der Waals surface area (Å²) in [4.78, 5) is 0. The van der Waals surface area contributed by atoms with Crippen molar-refractivity contribution in [3.63, 3.8) is 0 Å². The molecule has 1 aromatic heterocycles. The number of nitrogens with zero attached hydrogens (tertiary/aromatic N) is 1. The molecule has 2 aromatic rings. The van der Waals surface area contributed by atoms with Gasteiger partial charge in [-0.2, -0.15) is 0 Å². The topological polar surface area (TPSA) is 52.0 Å². The van der Waals surface area contributed by atoms with Crippen LogP contribution in [0.4, 0.5) is 4.39 Å². The summed E-state index contributed by atoms with van der Waals surface area (Å²) in [5, 5.41) is 4.13. The molecule has 3 nitrogen and oxygen atoms in total. The van der Waals surface area contributed by atoms with Crippen LogP contribution in [0, 0.1) is 5.82 Å². The molecule has 62 valence electrons. The van der Waals surface area contributed by atoms with E-state index in [4.69, 9.17) is 5.73 Å². The number of aromatic nitrogens is 1. The molecule has 0 aliphatic heterocycles. The third-order valence-electron chi connectivity index (χ3n) is 1.70. The molecule has 0 aliphatic rings. The van der Waals surface area contributed by atoms with E-state index in [9.17, 15) is 4.39 Å². The Morgan fingerprint density at radius 1 is 1.50 bits per heavy atom. The van der Waals surface area contributed by atoms with E-state index >= 15 is 0 Å². The van der Waals surface area contributed by atoms with E-state index in [1.807, 2.05) is 0 Å². The molecule has 0 fully saturated rings. The summed E-state index contributed by atoms with van der Waals surface area (Å²) >= 11 is 0. The summed E-state index contributed by atoms with van der Waals surface area (Å²) in [5.74, 6) is -0.412. The van der Waals surface area contributed by atoms with Crippen molar-refractivity contribution in [2.75, 3.05) is 0 Å². The van der Waals surface area contributed by atoms with Crippen LogP contribution in [0.1, 0.15) is 5.56 Å². The molecule has 0 saturated carbocycles. The maximum absolute atomic E-state index is 13.1. The molecule has 0 bridgehead atoms. The molecule has 12 heavy (non-hydrogen) atoms. The lowest BCUT2D eigenvalue weighted by atomic mass is 10.1. The van der Waals surface area contributed by atoms with Crippen LogP contribution in [0.2, 0.25) is 0 Å². The normalized spacial score (nSPS) is 10.8.